The Bertz CT molecular complexity index is 763. The number of aryl methyl sites for hydroxylation is 2. The minimum absolute atomic E-state index is 0.122. The summed E-state index contributed by atoms with van der Waals surface area (Å²) in [6, 6.07) is 6.13. The van der Waals surface area contributed by atoms with Gasteiger partial charge in [0.15, 0.2) is 0 Å². The number of hydrogen-bond acceptors (Lipinski definition) is 3. The smallest absolute Gasteiger partial charge is 0.126 e. The van der Waals surface area contributed by atoms with Crippen LogP contribution in [-0.4, -0.2) is 33.6 Å². The summed E-state index contributed by atoms with van der Waals surface area (Å²) < 4.78 is 15.9. The lowest BCUT2D eigenvalue weighted by atomic mass is 9.93. The number of piperidine rings is 1. The maximum atomic E-state index is 13.7. The first-order valence-corrected chi connectivity index (χ1v) is 9.81. The molecule has 1 saturated heterocycles. The van der Waals surface area contributed by atoms with E-state index in [9.17, 15) is 4.39 Å². The third-order valence-electron chi connectivity index (χ3n) is 6.28. The number of nitrogens with zero attached hydrogens (tertiary/aromatic N) is 3. The summed E-state index contributed by atoms with van der Waals surface area (Å²) in [5.74, 6) is 1.00. The van der Waals surface area contributed by atoms with Gasteiger partial charge in [0.2, 0.25) is 0 Å². The summed E-state index contributed by atoms with van der Waals surface area (Å²) in [5, 5.41) is 3.49. The van der Waals surface area contributed by atoms with Gasteiger partial charge in [-0.1, -0.05) is 12.1 Å². The van der Waals surface area contributed by atoms with E-state index >= 15 is 0 Å². The van der Waals surface area contributed by atoms with E-state index in [2.05, 4.69) is 32.9 Å². The topological polar surface area (TPSA) is 33.1 Å². The van der Waals surface area contributed by atoms with Crippen LogP contribution in [-0.2, 0) is 19.6 Å². The molecule has 2 aliphatic rings. The Morgan fingerprint density at radius 2 is 2.12 bits per heavy atom. The van der Waals surface area contributed by atoms with Crippen LogP contribution in [0.25, 0.3) is 0 Å². The van der Waals surface area contributed by atoms with Crippen LogP contribution in [0.3, 0.4) is 0 Å². The summed E-state index contributed by atoms with van der Waals surface area (Å²) in [4.78, 5) is 7.17. The van der Waals surface area contributed by atoms with E-state index in [0.717, 1.165) is 44.1 Å². The highest BCUT2D eigenvalue weighted by molar-refractivity contribution is 5.24. The number of imidazole rings is 1. The molecule has 2 heterocycles. The lowest BCUT2D eigenvalue weighted by molar-refractivity contribution is 0.182. The van der Waals surface area contributed by atoms with Crippen molar-refractivity contribution in [2.24, 2.45) is 5.41 Å². The van der Waals surface area contributed by atoms with Crippen molar-refractivity contribution in [2.45, 2.75) is 58.8 Å². The number of aromatic nitrogens is 2. The SMILES string of the molecule is CCn1ccnc1CN(Cc1ccc(F)c(C)c1)[C@H]1CC12CCNCC2. The molecule has 1 spiro atoms. The van der Waals surface area contributed by atoms with Crippen molar-refractivity contribution in [1.29, 1.82) is 0 Å². The van der Waals surface area contributed by atoms with Gasteiger partial charge in [0.25, 0.3) is 0 Å². The van der Waals surface area contributed by atoms with Gasteiger partial charge in [0, 0.05) is 31.5 Å². The quantitative estimate of drug-likeness (QED) is 0.860. The van der Waals surface area contributed by atoms with Crippen molar-refractivity contribution in [2.75, 3.05) is 13.1 Å². The Kier molecular flexibility index (Phi) is 4.84. The standard InChI is InChI=1S/C21H29FN4/c1-3-25-11-10-24-20(25)15-26(14-17-4-5-18(22)16(2)12-17)19-13-21(19)6-8-23-9-7-21/h4-5,10-12,19,23H,3,6-9,13-15H2,1-2H3/t19-/m0/s1. The largest absolute Gasteiger partial charge is 0.334 e. The Balaban J connectivity index is 1.56. The van der Waals surface area contributed by atoms with Crippen LogP contribution in [0.5, 0.6) is 0 Å². The van der Waals surface area contributed by atoms with E-state index in [4.69, 9.17) is 0 Å². The predicted octanol–water partition coefficient (Wildman–Crippen LogP) is 3.49. The summed E-state index contributed by atoms with van der Waals surface area (Å²) in [5.41, 5.74) is 2.39. The van der Waals surface area contributed by atoms with Crippen molar-refractivity contribution < 1.29 is 4.39 Å². The Morgan fingerprint density at radius 1 is 1.31 bits per heavy atom. The fraction of sp³-hybridized carbons (Fsp3) is 0.571. The molecule has 4 rings (SSSR count). The van der Waals surface area contributed by atoms with E-state index in [1.165, 1.54) is 24.8 Å². The average molecular weight is 356 g/mol. The predicted molar refractivity (Wildman–Crippen MR) is 101 cm³/mol. The van der Waals surface area contributed by atoms with Crippen LogP contribution in [0.15, 0.2) is 30.6 Å². The minimum atomic E-state index is -0.122. The molecule has 0 bridgehead atoms. The second-order valence-electron chi connectivity index (χ2n) is 7.95. The molecule has 2 aromatic rings. The fourth-order valence-corrected chi connectivity index (χ4v) is 4.58. The highest BCUT2D eigenvalue weighted by Gasteiger charge is 2.56. The van der Waals surface area contributed by atoms with Crippen molar-refractivity contribution in [3.63, 3.8) is 0 Å². The zero-order valence-electron chi connectivity index (χ0n) is 15.8. The van der Waals surface area contributed by atoms with E-state index < -0.39 is 0 Å². The van der Waals surface area contributed by atoms with Crippen LogP contribution in [0, 0.1) is 18.2 Å². The summed E-state index contributed by atoms with van der Waals surface area (Å²) in [6.45, 7) is 8.92. The van der Waals surface area contributed by atoms with E-state index in [-0.39, 0.29) is 5.82 Å². The van der Waals surface area contributed by atoms with Gasteiger partial charge in [-0.3, -0.25) is 4.90 Å². The molecule has 2 fully saturated rings. The lowest BCUT2D eigenvalue weighted by Gasteiger charge is -2.29. The molecule has 26 heavy (non-hydrogen) atoms. The highest BCUT2D eigenvalue weighted by atomic mass is 19.1. The summed E-state index contributed by atoms with van der Waals surface area (Å²) in [6.07, 6.45) is 7.76. The first kappa shape index (κ1) is 17.7. The van der Waals surface area contributed by atoms with Gasteiger partial charge in [-0.05, 0) is 68.8 Å². The van der Waals surface area contributed by atoms with Gasteiger partial charge in [-0.15, -0.1) is 0 Å². The molecule has 1 N–H and O–H groups in total. The second-order valence-corrected chi connectivity index (χ2v) is 7.95. The Hall–Kier alpha value is -1.72. The number of benzene rings is 1. The second kappa shape index (κ2) is 7.12. The Morgan fingerprint density at radius 3 is 2.85 bits per heavy atom. The highest BCUT2D eigenvalue weighted by Crippen LogP contribution is 2.56. The molecule has 140 valence electrons. The van der Waals surface area contributed by atoms with Gasteiger partial charge >= 0.3 is 0 Å². The molecule has 1 aromatic carbocycles. The molecule has 0 unspecified atom stereocenters. The number of hydrogen-bond donors (Lipinski definition) is 1. The van der Waals surface area contributed by atoms with Gasteiger partial charge in [-0.25, -0.2) is 9.37 Å². The molecule has 1 aromatic heterocycles. The van der Waals surface area contributed by atoms with Gasteiger partial charge in [-0.2, -0.15) is 0 Å². The minimum Gasteiger partial charge on any atom is -0.334 e. The molecular weight excluding hydrogens is 327 g/mol. The number of halogens is 1. The van der Waals surface area contributed by atoms with Crippen LogP contribution < -0.4 is 5.32 Å². The molecule has 1 atom stereocenters. The molecule has 4 nitrogen and oxygen atoms in total. The summed E-state index contributed by atoms with van der Waals surface area (Å²) in [7, 11) is 0. The van der Waals surface area contributed by atoms with Crippen molar-refractivity contribution >= 4 is 0 Å². The molecule has 1 aliphatic heterocycles. The molecule has 5 heteroatoms. The van der Waals surface area contributed by atoms with Crippen LogP contribution >= 0.6 is 0 Å². The third kappa shape index (κ3) is 3.42. The van der Waals surface area contributed by atoms with Crippen LogP contribution in [0.2, 0.25) is 0 Å². The van der Waals surface area contributed by atoms with E-state index in [1.54, 1.807) is 6.07 Å². The zero-order chi connectivity index (χ0) is 18.1. The van der Waals surface area contributed by atoms with Gasteiger partial charge < -0.3 is 9.88 Å². The maximum Gasteiger partial charge on any atom is 0.126 e. The van der Waals surface area contributed by atoms with Crippen molar-refractivity contribution in [3.05, 3.63) is 53.4 Å². The molecule has 1 aliphatic carbocycles. The summed E-state index contributed by atoms with van der Waals surface area (Å²) >= 11 is 0. The first-order valence-electron chi connectivity index (χ1n) is 9.81. The van der Waals surface area contributed by atoms with Gasteiger partial charge in [0.1, 0.15) is 11.6 Å². The monoisotopic (exact) mass is 356 g/mol. The molecule has 1 saturated carbocycles. The lowest BCUT2D eigenvalue weighted by Crippen LogP contribution is -2.36. The number of nitrogens with one attached hydrogen (secondary N) is 1. The van der Waals surface area contributed by atoms with Crippen LogP contribution in [0.1, 0.15) is 43.1 Å². The van der Waals surface area contributed by atoms with Gasteiger partial charge in [0.05, 0.1) is 6.54 Å². The molecule has 0 radical (unpaired) electrons. The van der Waals surface area contributed by atoms with E-state index in [1.807, 2.05) is 25.3 Å². The van der Waals surface area contributed by atoms with E-state index in [0.29, 0.717) is 11.5 Å². The number of rotatable bonds is 6. The normalized spacial score (nSPS) is 21.5. The van der Waals surface area contributed by atoms with Crippen LogP contribution in [0.4, 0.5) is 4.39 Å². The van der Waals surface area contributed by atoms with Crippen molar-refractivity contribution in [1.82, 2.24) is 19.8 Å². The fourth-order valence-electron chi connectivity index (χ4n) is 4.58. The molecular formula is C21H29FN4. The average Bonchev–Trinajstić information content (AvgIpc) is 3.13. The van der Waals surface area contributed by atoms with Crippen molar-refractivity contribution in [3.8, 4) is 0 Å². The third-order valence-corrected chi connectivity index (χ3v) is 6.28. The Labute approximate surface area is 155 Å². The maximum absolute atomic E-state index is 13.7. The zero-order valence-corrected chi connectivity index (χ0v) is 15.8. The molecule has 0 amide bonds. The first-order chi connectivity index (χ1) is 12.6.